The van der Waals surface area contributed by atoms with Crippen LogP contribution < -0.4 is 0 Å². The van der Waals surface area contributed by atoms with E-state index in [4.69, 9.17) is 0 Å². The van der Waals surface area contributed by atoms with E-state index in [2.05, 4.69) is 22.6 Å². The normalized spacial score (nSPS) is 9.55. The highest BCUT2D eigenvalue weighted by molar-refractivity contribution is 14.1. The molecule has 0 aliphatic rings. The Hall–Kier alpha value is -0.580. The van der Waals surface area contributed by atoms with Gasteiger partial charge in [-0.3, -0.25) is 0 Å². The van der Waals surface area contributed by atoms with Gasteiger partial charge in [-0.15, -0.1) is 0 Å². The van der Waals surface area contributed by atoms with Crippen molar-refractivity contribution in [1.82, 2.24) is 0 Å². The number of aldehydes is 1. The molecule has 0 aliphatic heterocycles. The van der Waals surface area contributed by atoms with Gasteiger partial charge in [-0.1, -0.05) is 0 Å². The van der Waals surface area contributed by atoms with Gasteiger partial charge in [0, 0.05) is 15.6 Å². The quantitative estimate of drug-likeness (QED) is 0.651. The standard InChI is InChI=1S/C8H7IO2/c9-7-1-2-8(11)6(5-7)3-4-10/h1-2,4-5,11H,3H2. The Balaban J connectivity index is 3.01. The lowest BCUT2D eigenvalue weighted by Crippen LogP contribution is -1.87. The summed E-state index contributed by atoms with van der Waals surface area (Å²) in [5.41, 5.74) is 0.687. The van der Waals surface area contributed by atoms with Gasteiger partial charge >= 0.3 is 0 Å². The molecule has 58 valence electrons. The summed E-state index contributed by atoms with van der Waals surface area (Å²) < 4.78 is 1.03. The summed E-state index contributed by atoms with van der Waals surface area (Å²) >= 11 is 2.13. The van der Waals surface area contributed by atoms with E-state index in [1.165, 1.54) is 0 Å². The summed E-state index contributed by atoms with van der Waals surface area (Å²) in [6.07, 6.45) is 1.06. The van der Waals surface area contributed by atoms with Gasteiger partial charge in [0.05, 0.1) is 0 Å². The van der Waals surface area contributed by atoms with Crippen LogP contribution in [0.3, 0.4) is 0 Å². The summed E-state index contributed by atoms with van der Waals surface area (Å²) in [7, 11) is 0. The summed E-state index contributed by atoms with van der Waals surface area (Å²) in [4.78, 5) is 10.1. The molecule has 0 radical (unpaired) electrons. The van der Waals surface area contributed by atoms with Crippen molar-refractivity contribution in [3.05, 3.63) is 27.3 Å². The second-order valence-corrected chi connectivity index (χ2v) is 3.39. The summed E-state index contributed by atoms with van der Waals surface area (Å²) in [6.45, 7) is 0. The minimum atomic E-state index is 0.192. The predicted octanol–water partition coefficient (Wildman–Crippen LogP) is 1.74. The molecule has 0 aromatic heterocycles. The van der Waals surface area contributed by atoms with Crippen molar-refractivity contribution in [2.45, 2.75) is 6.42 Å². The number of carbonyl (C=O) groups excluding carboxylic acids is 1. The van der Waals surface area contributed by atoms with E-state index in [0.29, 0.717) is 5.56 Å². The zero-order valence-electron chi connectivity index (χ0n) is 5.75. The highest BCUT2D eigenvalue weighted by atomic mass is 127. The van der Waals surface area contributed by atoms with Gasteiger partial charge in [-0.2, -0.15) is 0 Å². The van der Waals surface area contributed by atoms with Crippen LogP contribution in [0.4, 0.5) is 0 Å². The van der Waals surface area contributed by atoms with Crippen molar-refractivity contribution in [2.75, 3.05) is 0 Å². The second-order valence-electron chi connectivity index (χ2n) is 2.14. The second kappa shape index (κ2) is 3.71. The maximum absolute atomic E-state index is 10.1. The van der Waals surface area contributed by atoms with Gasteiger partial charge in [0.15, 0.2) is 0 Å². The molecule has 1 aromatic rings. The number of benzene rings is 1. The van der Waals surface area contributed by atoms with Crippen molar-refractivity contribution in [1.29, 1.82) is 0 Å². The first-order chi connectivity index (χ1) is 5.24. The molecule has 0 fully saturated rings. The first kappa shape index (κ1) is 8.52. The third-order valence-corrected chi connectivity index (χ3v) is 2.02. The minimum Gasteiger partial charge on any atom is -0.508 e. The Bertz CT molecular complexity index is 271. The molecule has 0 heterocycles. The van der Waals surface area contributed by atoms with Gasteiger partial charge in [0.2, 0.25) is 0 Å². The fraction of sp³-hybridized carbons (Fsp3) is 0.125. The van der Waals surface area contributed by atoms with Crippen molar-refractivity contribution < 1.29 is 9.90 Å². The third-order valence-electron chi connectivity index (χ3n) is 1.34. The first-order valence-corrected chi connectivity index (χ1v) is 4.23. The molecule has 2 nitrogen and oxygen atoms in total. The maximum Gasteiger partial charge on any atom is 0.124 e. The van der Waals surface area contributed by atoms with E-state index < -0.39 is 0 Å². The van der Waals surface area contributed by atoms with Gasteiger partial charge in [-0.05, 0) is 40.8 Å². The molecule has 11 heavy (non-hydrogen) atoms. The van der Waals surface area contributed by atoms with Crippen LogP contribution in [0.2, 0.25) is 0 Å². The summed E-state index contributed by atoms with van der Waals surface area (Å²) in [6, 6.07) is 5.19. The van der Waals surface area contributed by atoms with Crippen LogP contribution >= 0.6 is 22.6 Å². The molecular weight excluding hydrogens is 255 g/mol. The average molecular weight is 262 g/mol. The van der Waals surface area contributed by atoms with E-state index >= 15 is 0 Å². The monoisotopic (exact) mass is 262 g/mol. The van der Waals surface area contributed by atoms with E-state index in [1.54, 1.807) is 18.2 Å². The van der Waals surface area contributed by atoms with Crippen molar-refractivity contribution in [3.8, 4) is 5.75 Å². The number of phenolic OH excluding ortho intramolecular Hbond substituents is 1. The topological polar surface area (TPSA) is 37.3 Å². The average Bonchev–Trinajstić information content (AvgIpc) is 1.98. The predicted molar refractivity (Wildman–Crippen MR) is 50.6 cm³/mol. The molecule has 0 saturated carbocycles. The molecule has 0 unspecified atom stereocenters. The van der Waals surface area contributed by atoms with Crippen molar-refractivity contribution in [2.24, 2.45) is 0 Å². The molecule has 3 heteroatoms. The number of carbonyl (C=O) groups is 1. The lowest BCUT2D eigenvalue weighted by molar-refractivity contribution is -0.107. The highest BCUT2D eigenvalue weighted by Crippen LogP contribution is 2.19. The molecule has 0 bridgehead atoms. The number of phenols is 1. The Labute approximate surface area is 78.4 Å². The Morgan fingerprint density at radius 2 is 2.27 bits per heavy atom. The highest BCUT2D eigenvalue weighted by Gasteiger charge is 1.99. The number of halogens is 1. The molecule has 1 rings (SSSR count). The Kier molecular flexibility index (Phi) is 2.87. The minimum absolute atomic E-state index is 0.192. The Morgan fingerprint density at radius 1 is 1.55 bits per heavy atom. The number of aromatic hydroxyl groups is 1. The fourth-order valence-electron chi connectivity index (χ4n) is 0.807. The zero-order chi connectivity index (χ0) is 8.27. The van der Waals surface area contributed by atoms with Crippen molar-refractivity contribution in [3.63, 3.8) is 0 Å². The number of hydrogen-bond acceptors (Lipinski definition) is 2. The van der Waals surface area contributed by atoms with Crippen LogP contribution in [-0.2, 0) is 11.2 Å². The molecule has 0 atom stereocenters. The fourth-order valence-corrected chi connectivity index (χ4v) is 1.36. The van der Waals surface area contributed by atoms with Crippen LogP contribution in [0.1, 0.15) is 5.56 Å². The van der Waals surface area contributed by atoms with Crippen LogP contribution in [0.25, 0.3) is 0 Å². The van der Waals surface area contributed by atoms with Crippen LogP contribution in [0.15, 0.2) is 18.2 Å². The molecular formula is C8H7IO2. The van der Waals surface area contributed by atoms with Gasteiger partial charge < -0.3 is 9.90 Å². The van der Waals surface area contributed by atoms with E-state index in [0.717, 1.165) is 9.86 Å². The number of rotatable bonds is 2. The zero-order valence-corrected chi connectivity index (χ0v) is 7.91. The third kappa shape index (κ3) is 2.18. The molecule has 0 saturated heterocycles. The smallest absolute Gasteiger partial charge is 0.124 e. The summed E-state index contributed by atoms with van der Waals surface area (Å²) in [5, 5.41) is 9.20. The largest absolute Gasteiger partial charge is 0.508 e. The summed E-state index contributed by atoms with van der Waals surface area (Å²) in [5.74, 6) is 0.192. The molecule has 0 amide bonds. The SMILES string of the molecule is O=CCc1cc(I)ccc1O. The Morgan fingerprint density at radius 3 is 2.91 bits per heavy atom. The van der Waals surface area contributed by atoms with Gasteiger partial charge in [0.1, 0.15) is 12.0 Å². The lowest BCUT2D eigenvalue weighted by Gasteiger charge is -1.99. The van der Waals surface area contributed by atoms with Crippen LogP contribution in [0.5, 0.6) is 5.75 Å². The number of hydrogen-bond donors (Lipinski definition) is 1. The molecule has 0 spiro atoms. The van der Waals surface area contributed by atoms with E-state index in [9.17, 15) is 9.90 Å². The van der Waals surface area contributed by atoms with Gasteiger partial charge in [-0.25, -0.2) is 0 Å². The molecule has 1 aromatic carbocycles. The van der Waals surface area contributed by atoms with Gasteiger partial charge in [0.25, 0.3) is 0 Å². The first-order valence-electron chi connectivity index (χ1n) is 3.15. The molecule has 1 N–H and O–H groups in total. The van der Waals surface area contributed by atoms with Crippen LogP contribution in [-0.4, -0.2) is 11.4 Å². The van der Waals surface area contributed by atoms with E-state index in [-0.39, 0.29) is 12.2 Å². The maximum atomic E-state index is 10.1. The molecule has 0 aliphatic carbocycles. The lowest BCUT2D eigenvalue weighted by atomic mass is 10.1. The van der Waals surface area contributed by atoms with Crippen molar-refractivity contribution >= 4 is 28.9 Å². The van der Waals surface area contributed by atoms with E-state index in [1.807, 2.05) is 0 Å². The van der Waals surface area contributed by atoms with Crippen LogP contribution in [0, 0.1) is 3.57 Å².